The fourth-order valence-electron chi connectivity index (χ4n) is 2.63. The number of benzene rings is 1. The van der Waals surface area contributed by atoms with E-state index >= 15 is 0 Å². The highest BCUT2D eigenvalue weighted by molar-refractivity contribution is 6.03. The van der Waals surface area contributed by atoms with Gasteiger partial charge in [0.15, 0.2) is 0 Å². The summed E-state index contributed by atoms with van der Waals surface area (Å²) < 4.78 is 39.8. The monoisotopic (exact) mass is 387 g/mol. The van der Waals surface area contributed by atoms with Gasteiger partial charge in [-0.3, -0.25) is 9.59 Å². The Morgan fingerprint density at radius 2 is 1.93 bits per heavy atom. The van der Waals surface area contributed by atoms with Crippen molar-refractivity contribution in [1.82, 2.24) is 9.55 Å². The Balaban J connectivity index is 1.85. The van der Waals surface area contributed by atoms with Crippen LogP contribution in [-0.4, -0.2) is 15.5 Å². The van der Waals surface area contributed by atoms with Crippen LogP contribution in [0.25, 0.3) is 0 Å². The number of pyridine rings is 2. The maximum absolute atomic E-state index is 12.9. The Labute approximate surface area is 158 Å². The number of aromatic nitrogens is 2. The lowest BCUT2D eigenvalue weighted by molar-refractivity contribution is -0.137. The molecule has 8 heteroatoms. The van der Waals surface area contributed by atoms with Crippen LogP contribution in [0.3, 0.4) is 0 Å². The van der Waals surface area contributed by atoms with Gasteiger partial charge in [0.1, 0.15) is 5.82 Å². The first-order valence-corrected chi connectivity index (χ1v) is 8.33. The number of hydrogen-bond donors (Lipinski definition) is 1. The van der Waals surface area contributed by atoms with Gasteiger partial charge in [0.25, 0.3) is 11.5 Å². The number of anilines is 1. The van der Waals surface area contributed by atoms with Crippen molar-refractivity contribution in [2.75, 3.05) is 5.32 Å². The molecule has 0 aliphatic heterocycles. The predicted molar refractivity (Wildman–Crippen MR) is 98.2 cm³/mol. The van der Waals surface area contributed by atoms with Gasteiger partial charge in [-0.15, -0.1) is 0 Å². The van der Waals surface area contributed by atoms with Crippen molar-refractivity contribution in [2.45, 2.75) is 19.6 Å². The number of aryl methyl sites for hydroxylation is 1. The molecule has 0 aliphatic rings. The molecular weight excluding hydrogens is 371 g/mol. The fraction of sp³-hybridized carbons (Fsp3) is 0.150. The third-order valence-corrected chi connectivity index (χ3v) is 4.09. The Kier molecular flexibility index (Phi) is 5.30. The third-order valence-electron chi connectivity index (χ3n) is 4.09. The predicted octanol–water partition coefficient (Wildman–Crippen LogP) is 3.87. The molecule has 1 amide bonds. The summed E-state index contributed by atoms with van der Waals surface area (Å²) in [5.74, 6) is -0.0808. The van der Waals surface area contributed by atoms with Crippen LogP contribution in [0.1, 0.15) is 27.0 Å². The minimum absolute atomic E-state index is 0.0908. The molecule has 28 heavy (non-hydrogen) atoms. The number of nitrogens with one attached hydrogen (secondary N) is 1. The van der Waals surface area contributed by atoms with E-state index in [-0.39, 0.29) is 12.1 Å². The van der Waals surface area contributed by atoms with Crippen molar-refractivity contribution in [3.05, 3.63) is 93.5 Å². The quantitative estimate of drug-likeness (QED) is 0.739. The number of carbonyl (C=O) groups excluding carboxylic acids is 1. The van der Waals surface area contributed by atoms with Gasteiger partial charge < -0.3 is 9.88 Å². The van der Waals surface area contributed by atoms with Crippen molar-refractivity contribution >= 4 is 11.7 Å². The van der Waals surface area contributed by atoms with Crippen LogP contribution in [-0.2, 0) is 12.7 Å². The molecule has 0 fully saturated rings. The zero-order valence-electron chi connectivity index (χ0n) is 14.8. The second-order valence-corrected chi connectivity index (χ2v) is 6.21. The number of rotatable bonds is 4. The van der Waals surface area contributed by atoms with Gasteiger partial charge in [0.05, 0.1) is 17.7 Å². The van der Waals surface area contributed by atoms with Crippen molar-refractivity contribution in [1.29, 1.82) is 0 Å². The molecule has 1 aromatic carbocycles. The Morgan fingerprint density at radius 3 is 2.64 bits per heavy atom. The van der Waals surface area contributed by atoms with Crippen molar-refractivity contribution < 1.29 is 18.0 Å². The smallest absolute Gasteiger partial charge is 0.310 e. The minimum Gasteiger partial charge on any atom is -0.310 e. The van der Waals surface area contributed by atoms with Crippen LogP contribution >= 0.6 is 0 Å². The summed E-state index contributed by atoms with van der Waals surface area (Å²) in [7, 11) is 0. The number of carbonyl (C=O) groups is 1. The number of halogens is 3. The Morgan fingerprint density at radius 1 is 1.14 bits per heavy atom. The van der Waals surface area contributed by atoms with Crippen molar-refractivity contribution in [3.8, 4) is 0 Å². The Bertz CT molecular complexity index is 1070. The van der Waals surface area contributed by atoms with Crippen LogP contribution in [0.2, 0.25) is 0 Å². The first-order chi connectivity index (χ1) is 13.2. The molecule has 0 saturated carbocycles. The number of nitrogens with zero attached hydrogens (tertiary/aromatic N) is 2. The molecule has 0 saturated heterocycles. The standard InChI is InChI=1S/C20H16F3N3O2/c1-13-4-3-9-24-18(13)25-19(28)15-7-8-17(27)26(12-15)11-14-5-2-6-16(10-14)20(21,22)23/h2-10,12H,11H2,1H3,(H,24,25,28). The first kappa shape index (κ1) is 19.3. The lowest BCUT2D eigenvalue weighted by Crippen LogP contribution is -2.23. The van der Waals surface area contributed by atoms with E-state index in [0.717, 1.165) is 17.7 Å². The van der Waals surface area contributed by atoms with Gasteiger partial charge in [-0.05, 0) is 42.3 Å². The zero-order valence-corrected chi connectivity index (χ0v) is 14.8. The van der Waals surface area contributed by atoms with E-state index in [0.29, 0.717) is 11.4 Å². The van der Waals surface area contributed by atoms with Crippen LogP contribution < -0.4 is 10.9 Å². The number of alkyl halides is 3. The molecule has 0 radical (unpaired) electrons. The average Bonchev–Trinajstić information content (AvgIpc) is 2.65. The van der Waals surface area contributed by atoms with Gasteiger partial charge in [0, 0.05) is 18.5 Å². The molecule has 1 N–H and O–H groups in total. The van der Waals surface area contributed by atoms with E-state index in [1.54, 1.807) is 19.1 Å². The number of amides is 1. The summed E-state index contributed by atoms with van der Waals surface area (Å²) in [6.45, 7) is 1.70. The molecule has 2 aromatic heterocycles. The average molecular weight is 387 g/mol. The highest BCUT2D eigenvalue weighted by atomic mass is 19.4. The molecule has 3 aromatic rings. The SMILES string of the molecule is Cc1cccnc1NC(=O)c1ccc(=O)n(Cc2cccc(C(F)(F)F)c2)c1. The van der Waals surface area contributed by atoms with Gasteiger partial charge in [-0.2, -0.15) is 13.2 Å². The lowest BCUT2D eigenvalue weighted by Gasteiger charge is -2.11. The van der Waals surface area contributed by atoms with E-state index in [1.165, 1.54) is 41.2 Å². The topological polar surface area (TPSA) is 64.0 Å². The second-order valence-electron chi connectivity index (χ2n) is 6.21. The van der Waals surface area contributed by atoms with Gasteiger partial charge >= 0.3 is 6.18 Å². The molecular formula is C20H16F3N3O2. The maximum atomic E-state index is 12.9. The molecule has 5 nitrogen and oxygen atoms in total. The molecule has 0 atom stereocenters. The molecule has 0 unspecified atom stereocenters. The van der Waals surface area contributed by atoms with Crippen LogP contribution in [0.4, 0.5) is 19.0 Å². The van der Waals surface area contributed by atoms with Gasteiger partial charge in [-0.25, -0.2) is 4.98 Å². The first-order valence-electron chi connectivity index (χ1n) is 8.33. The molecule has 3 rings (SSSR count). The van der Waals surface area contributed by atoms with E-state index in [1.807, 2.05) is 0 Å². The lowest BCUT2D eigenvalue weighted by atomic mass is 10.1. The molecule has 0 aliphatic carbocycles. The van der Waals surface area contributed by atoms with Crippen LogP contribution in [0, 0.1) is 6.92 Å². The highest BCUT2D eigenvalue weighted by Gasteiger charge is 2.30. The fourth-order valence-corrected chi connectivity index (χ4v) is 2.63. The van der Waals surface area contributed by atoms with E-state index < -0.39 is 23.2 Å². The van der Waals surface area contributed by atoms with Crippen LogP contribution in [0.15, 0.2) is 65.7 Å². The van der Waals surface area contributed by atoms with Gasteiger partial charge in [-0.1, -0.05) is 18.2 Å². The minimum atomic E-state index is -4.47. The number of hydrogen-bond acceptors (Lipinski definition) is 3. The molecule has 144 valence electrons. The summed E-state index contributed by atoms with van der Waals surface area (Å²) in [5.41, 5.74) is 0.0420. The largest absolute Gasteiger partial charge is 0.416 e. The third kappa shape index (κ3) is 4.46. The van der Waals surface area contributed by atoms with Crippen molar-refractivity contribution in [3.63, 3.8) is 0 Å². The summed E-state index contributed by atoms with van der Waals surface area (Å²) in [5, 5.41) is 2.65. The zero-order chi connectivity index (χ0) is 20.3. The summed E-state index contributed by atoms with van der Waals surface area (Å²) in [6.07, 6.45) is -1.61. The van der Waals surface area contributed by atoms with Crippen molar-refractivity contribution in [2.24, 2.45) is 0 Å². The molecule has 0 spiro atoms. The Hall–Kier alpha value is -3.42. The van der Waals surface area contributed by atoms with E-state index in [9.17, 15) is 22.8 Å². The normalized spacial score (nSPS) is 11.3. The summed E-state index contributed by atoms with van der Waals surface area (Å²) in [6, 6.07) is 10.8. The highest BCUT2D eigenvalue weighted by Crippen LogP contribution is 2.29. The second kappa shape index (κ2) is 7.67. The molecule has 0 bridgehead atoms. The van der Waals surface area contributed by atoms with E-state index in [4.69, 9.17) is 0 Å². The molecule has 2 heterocycles. The summed E-state index contributed by atoms with van der Waals surface area (Å²) in [4.78, 5) is 28.6. The maximum Gasteiger partial charge on any atom is 0.416 e. The van der Waals surface area contributed by atoms with Crippen LogP contribution in [0.5, 0.6) is 0 Å². The van der Waals surface area contributed by atoms with Gasteiger partial charge in [0.2, 0.25) is 0 Å². The van der Waals surface area contributed by atoms with E-state index in [2.05, 4.69) is 10.3 Å². The summed E-state index contributed by atoms with van der Waals surface area (Å²) >= 11 is 0.